The smallest absolute Gasteiger partial charge is 0.305 e. The van der Waals surface area contributed by atoms with Crippen LogP contribution in [0.25, 0.3) is 10.9 Å². The Labute approximate surface area is 131 Å². The van der Waals surface area contributed by atoms with Crippen molar-refractivity contribution in [3.8, 4) is 0 Å². The number of hydrogen-bond acceptors (Lipinski definition) is 4. The second-order valence-electron chi connectivity index (χ2n) is 5.31. The molecule has 6 nitrogen and oxygen atoms in total. The fraction of sp³-hybridized carbons (Fsp3) is 0.0588. The number of H-pyrrole nitrogens is 1. The van der Waals surface area contributed by atoms with Gasteiger partial charge >= 0.3 is 5.79 Å². The normalized spacial score (nSPS) is 15.3. The zero-order valence-corrected chi connectivity index (χ0v) is 12.2. The van der Waals surface area contributed by atoms with Crippen molar-refractivity contribution in [2.75, 3.05) is 0 Å². The maximum Gasteiger partial charge on any atom is 0.305 e. The van der Waals surface area contributed by atoms with Crippen LogP contribution in [-0.2, 0) is 0 Å². The average Bonchev–Trinajstić information content (AvgIpc) is 3.15. The summed E-state index contributed by atoms with van der Waals surface area (Å²) in [5.41, 5.74) is 7.67. The Hall–Kier alpha value is -3.28. The molecule has 0 aliphatic carbocycles. The molecule has 3 aromatic rings. The molecule has 2 aromatic carbocycles. The molecule has 0 amide bonds. The minimum absolute atomic E-state index is 0.204. The lowest BCUT2D eigenvalue weighted by Gasteiger charge is -2.15. The maximum absolute atomic E-state index is 7.88. The van der Waals surface area contributed by atoms with E-state index in [1.54, 1.807) is 6.21 Å². The van der Waals surface area contributed by atoms with E-state index >= 15 is 0 Å². The third-order valence-corrected chi connectivity index (χ3v) is 3.80. The molecule has 0 saturated heterocycles. The van der Waals surface area contributed by atoms with Crippen molar-refractivity contribution >= 4 is 23.0 Å². The number of aromatic nitrogens is 1. The van der Waals surface area contributed by atoms with Gasteiger partial charge in [0.05, 0.1) is 10.7 Å². The molecule has 1 aromatic heterocycles. The minimum Gasteiger partial charge on any atom is -0.382 e. The Morgan fingerprint density at radius 1 is 1.09 bits per heavy atom. The molecular weight excluding hydrogens is 288 g/mol. The first-order valence-corrected chi connectivity index (χ1v) is 7.19. The highest BCUT2D eigenvalue weighted by atomic mass is 15.3. The summed E-state index contributed by atoms with van der Waals surface area (Å²) in [4.78, 5) is 16.5. The van der Waals surface area contributed by atoms with Crippen LogP contribution in [0.15, 0.2) is 69.7 Å². The van der Waals surface area contributed by atoms with Crippen molar-refractivity contribution in [3.05, 3.63) is 71.0 Å². The van der Waals surface area contributed by atoms with Crippen molar-refractivity contribution in [2.24, 2.45) is 20.7 Å². The SMILES string of the molecule is N=C(N)C1(N=Cc2c[nH]c3ccccc23)N=c2ccccc2=N1. The molecule has 6 heteroatoms. The van der Waals surface area contributed by atoms with Gasteiger partial charge in [-0.25, -0.2) is 15.0 Å². The zero-order chi connectivity index (χ0) is 15.9. The number of aromatic amines is 1. The Balaban J connectivity index is 1.82. The van der Waals surface area contributed by atoms with Gasteiger partial charge in [0.15, 0.2) is 5.84 Å². The molecule has 0 atom stereocenters. The number of nitrogens with zero attached hydrogens (tertiary/aromatic N) is 3. The first-order valence-electron chi connectivity index (χ1n) is 7.19. The summed E-state index contributed by atoms with van der Waals surface area (Å²) in [5.74, 6) is -1.60. The van der Waals surface area contributed by atoms with Crippen molar-refractivity contribution in [2.45, 2.75) is 5.79 Å². The summed E-state index contributed by atoms with van der Waals surface area (Å²) in [6.45, 7) is 0. The number of rotatable bonds is 3. The van der Waals surface area contributed by atoms with Crippen LogP contribution in [0.1, 0.15) is 5.56 Å². The predicted octanol–water partition coefficient (Wildman–Crippen LogP) is 1.13. The maximum atomic E-state index is 7.88. The van der Waals surface area contributed by atoms with Crippen LogP contribution in [0.3, 0.4) is 0 Å². The second kappa shape index (κ2) is 4.88. The molecular formula is C17H14N6. The summed E-state index contributed by atoms with van der Waals surface area (Å²) in [7, 11) is 0. The Morgan fingerprint density at radius 2 is 1.74 bits per heavy atom. The van der Waals surface area contributed by atoms with Crippen LogP contribution >= 0.6 is 0 Å². The molecule has 1 aliphatic rings. The number of hydrogen-bond donors (Lipinski definition) is 3. The number of fused-ring (bicyclic) bond motifs is 2. The van der Waals surface area contributed by atoms with E-state index in [-0.39, 0.29) is 5.84 Å². The van der Waals surface area contributed by atoms with Crippen LogP contribution in [0, 0.1) is 5.41 Å². The van der Waals surface area contributed by atoms with Crippen LogP contribution in [0.4, 0.5) is 0 Å². The number of benzene rings is 2. The van der Waals surface area contributed by atoms with E-state index < -0.39 is 5.79 Å². The fourth-order valence-electron chi connectivity index (χ4n) is 2.62. The molecule has 4 N–H and O–H groups in total. The molecule has 0 bridgehead atoms. The van der Waals surface area contributed by atoms with Gasteiger partial charge < -0.3 is 10.7 Å². The highest BCUT2D eigenvalue weighted by Gasteiger charge is 2.34. The van der Waals surface area contributed by atoms with E-state index in [9.17, 15) is 0 Å². The second-order valence-corrected chi connectivity index (χ2v) is 5.31. The van der Waals surface area contributed by atoms with Gasteiger partial charge in [-0.05, 0) is 18.2 Å². The quantitative estimate of drug-likeness (QED) is 0.490. The first kappa shape index (κ1) is 13.4. The van der Waals surface area contributed by atoms with Gasteiger partial charge in [-0.1, -0.05) is 30.3 Å². The van der Waals surface area contributed by atoms with E-state index in [1.165, 1.54) is 0 Å². The van der Waals surface area contributed by atoms with Crippen molar-refractivity contribution < 1.29 is 0 Å². The number of aliphatic imine (C=N–C) groups is 1. The van der Waals surface area contributed by atoms with Gasteiger partial charge in [-0.2, -0.15) is 0 Å². The van der Waals surface area contributed by atoms with Gasteiger partial charge in [0.2, 0.25) is 0 Å². The molecule has 0 spiro atoms. The summed E-state index contributed by atoms with van der Waals surface area (Å²) >= 11 is 0. The third-order valence-electron chi connectivity index (χ3n) is 3.80. The molecule has 4 rings (SSSR count). The van der Waals surface area contributed by atoms with Crippen LogP contribution in [-0.4, -0.2) is 22.8 Å². The Bertz CT molecular complexity index is 1020. The molecule has 1 aliphatic heterocycles. The minimum atomic E-state index is -1.40. The van der Waals surface area contributed by atoms with E-state index in [4.69, 9.17) is 11.1 Å². The number of amidine groups is 1. The lowest BCUT2D eigenvalue weighted by Crippen LogP contribution is -2.38. The van der Waals surface area contributed by atoms with Crippen LogP contribution in [0.2, 0.25) is 0 Å². The van der Waals surface area contributed by atoms with Crippen LogP contribution in [0.5, 0.6) is 0 Å². The number of nitrogens with one attached hydrogen (secondary N) is 2. The summed E-state index contributed by atoms with van der Waals surface area (Å²) in [6, 6.07) is 15.4. The van der Waals surface area contributed by atoms with Crippen LogP contribution < -0.4 is 16.4 Å². The highest BCUT2D eigenvalue weighted by Crippen LogP contribution is 2.19. The first-order chi connectivity index (χ1) is 11.2. The molecule has 23 heavy (non-hydrogen) atoms. The van der Waals surface area contributed by atoms with Gasteiger partial charge in [-0.15, -0.1) is 0 Å². The highest BCUT2D eigenvalue weighted by molar-refractivity contribution is 6.00. The third kappa shape index (κ3) is 2.12. The number of para-hydroxylation sites is 3. The molecule has 0 fully saturated rings. The van der Waals surface area contributed by atoms with Gasteiger partial charge in [0, 0.05) is 28.9 Å². The number of nitrogens with two attached hydrogens (primary N) is 1. The summed E-state index contributed by atoms with van der Waals surface area (Å²) < 4.78 is 0. The van der Waals surface area contributed by atoms with Gasteiger partial charge in [-0.3, -0.25) is 5.41 Å². The van der Waals surface area contributed by atoms with Crippen molar-refractivity contribution in [1.29, 1.82) is 5.41 Å². The van der Waals surface area contributed by atoms with Gasteiger partial charge in [0.25, 0.3) is 0 Å². The Morgan fingerprint density at radius 3 is 2.43 bits per heavy atom. The monoisotopic (exact) mass is 302 g/mol. The van der Waals surface area contributed by atoms with E-state index in [2.05, 4.69) is 20.0 Å². The lowest BCUT2D eigenvalue weighted by molar-refractivity contribution is 0.622. The van der Waals surface area contributed by atoms with Crippen molar-refractivity contribution in [1.82, 2.24) is 4.98 Å². The zero-order valence-electron chi connectivity index (χ0n) is 12.2. The predicted molar refractivity (Wildman–Crippen MR) is 89.3 cm³/mol. The molecule has 0 radical (unpaired) electrons. The Kier molecular flexibility index (Phi) is 2.84. The summed E-state index contributed by atoms with van der Waals surface area (Å²) in [6.07, 6.45) is 3.53. The fourth-order valence-corrected chi connectivity index (χ4v) is 2.62. The average molecular weight is 302 g/mol. The lowest BCUT2D eigenvalue weighted by atomic mass is 10.2. The summed E-state index contributed by atoms with van der Waals surface area (Å²) in [5, 5.41) is 10.3. The standard InChI is InChI=1S/C17H14N6/c18-16(19)17(22-14-7-3-4-8-15(14)23-17)21-10-11-9-20-13-6-2-1-5-12(11)13/h1-10,20H,(H3,18,19). The largest absolute Gasteiger partial charge is 0.382 e. The van der Waals surface area contributed by atoms with Gasteiger partial charge in [0.1, 0.15) is 0 Å². The molecule has 0 unspecified atom stereocenters. The van der Waals surface area contributed by atoms with E-state index in [0.29, 0.717) is 10.7 Å². The van der Waals surface area contributed by atoms with E-state index in [1.807, 2.05) is 54.7 Å². The molecule has 2 heterocycles. The molecule has 112 valence electrons. The van der Waals surface area contributed by atoms with Crippen molar-refractivity contribution in [3.63, 3.8) is 0 Å². The van der Waals surface area contributed by atoms with E-state index in [0.717, 1.165) is 16.5 Å². The molecule has 0 saturated carbocycles. The topological polar surface area (TPSA) is 103 Å².